The van der Waals surface area contributed by atoms with Crippen LogP contribution in [0.25, 0.3) is 10.6 Å². The summed E-state index contributed by atoms with van der Waals surface area (Å²) in [6.07, 6.45) is 5.85. The molecule has 3 aromatic heterocycles. The van der Waals surface area contributed by atoms with Gasteiger partial charge in [0.2, 0.25) is 0 Å². The van der Waals surface area contributed by atoms with Crippen molar-refractivity contribution in [2.24, 2.45) is 5.73 Å². The van der Waals surface area contributed by atoms with Crippen LogP contribution in [0.15, 0.2) is 23.7 Å². The van der Waals surface area contributed by atoms with E-state index in [1.54, 1.807) is 23.6 Å². The summed E-state index contributed by atoms with van der Waals surface area (Å²) < 4.78 is 0. The summed E-state index contributed by atoms with van der Waals surface area (Å²) in [5.41, 5.74) is 6.86. The van der Waals surface area contributed by atoms with Crippen molar-refractivity contribution >= 4 is 62.7 Å². The van der Waals surface area contributed by atoms with Crippen LogP contribution < -0.4 is 21.3 Å². The number of anilines is 2. The van der Waals surface area contributed by atoms with Crippen molar-refractivity contribution in [1.29, 1.82) is 0 Å². The molecule has 0 spiro atoms. The molecule has 1 aliphatic heterocycles. The molecule has 0 aliphatic carbocycles. The Hall–Kier alpha value is -1.79. The maximum absolute atomic E-state index is 13.1. The average Bonchev–Trinajstić information content (AvgIpc) is 3.51. The topological polar surface area (TPSA) is 99.4 Å². The maximum atomic E-state index is 13.1. The van der Waals surface area contributed by atoms with Gasteiger partial charge in [0.1, 0.15) is 5.82 Å². The largest absolute Gasteiger partial charge is 0.355 e. The SMILES string of the molecule is CCCCN(C)Cc1sc(NC(=O)c2cnc(N3CCC(NCCN)CC3)c(Cl)c2)nc1-c1cc(Cl)cs1. The van der Waals surface area contributed by atoms with Crippen LogP contribution in [0.4, 0.5) is 10.9 Å². The Labute approximate surface area is 242 Å². The van der Waals surface area contributed by atoms with E-state index in [1.807, 2.05) is 11.4 Å². The number of carbonyl (C=O) groups excluding carboxylic acids is 1. The number of thiophene rings is 1. The van der Waals surface area contributed by atoms with E-state index in [0.717, 1.165) is 73.9 Å². The lowest BCUT2D eigenvalue weighted by atomic mass is 10.0. The molecule has 0 saturated carbocycles. The Kier molecular flexibility index (Phi) is 10.8. The second-order valence-electron chi connectivity index (χ2n) is 9.50. The van der Waals surface area contributed by atoms with Crippen LogP contribution in [0.5, 0.6) is 0 Å². The lowest BCUT2D eigenvalue weighted by molar-refractivity contribution is 0.102. The van der Waals surface area contributed by atoms with Crippen molar-refractivity contribution in [2.45, 2.75) is 45.2 Å². The van der Waals surface area contributed by atoms with Crippen LogP contribution in [-0.4, -0.2) is 66.6 Å². The van der Waals surface area contributed by atoms with Crippen LogP contribution >= 0.6 is 45.9 Å². The van der Waals surface area contributed by atoms with E-state index in [4.69, 9.17) is 33.9 Å². The Morgan fingerprint density at radius 3 is 2.74 bits per heavy atom. The van der Waals surface area contributed by atoms with Gasteiger partial charge < -0.3 is 20.9 Å². The van der Waals surface area contributed by atoms with E-state index < -0.39 is 0 Å². The first-order valence-electron chi connectivity index (χ1n) is 13.0. The highest BCUT2D eigenvalue weighted by Crippen LogP contribution is 2.37. The molecule has 0 atom stereocenters. The van der Waals surface area contributed by atoms with E-state index in [-0.39, 0.29) is 5.91 Å². The number of amides is 1. The molecule has 8 nitrogen and oxygen atoms in total. The van der Waals surface area contributed by atoms with Crippen molar-refractivity contribution in [3.05, 3.63) is 44.2 Å². The predicted molar refractivity (Wildman–Crippen MR) is 161 cm³/mol. The summed E-state index contributed by atoms with van der Waals surface area (Å²) in [6, 6.07) is 4.07. The molecule has 0 unspecified atom stereocenters. The van der Waals surface area contributed by atoms with Crippen LogP contribution in [0.2, 0.25) is 10.0 Å². The van der Waals surface area contributed by atoms with Crippen molar-refractivity contribution in [3.8, 4) is 10.6 Å². The number of pyridine rings is 1. The molecule has 1 saturated heterocycles. The highest BCUT2D eigenvalue weighted by Gasteiger charge is 2.23. The quantitative estimate of drug-likeness (QED) is 0.251. The first-order chi connectivity index (χ1) is 18.4. The molecule has 12 heteroatoms. The zero-order valence-electron chi connectivity index (χ0n) is 21.8. The lowest BCUT2D eigenvalue weighted by Crippen LogP contribution is -2.44. The van der Waals surface area contributed by atoms with Gasteiger partial charge in [0.25, 0.3) is 5.91 Å². The predicted octanol–water partition coefficient (Wildman–Crippen LogP) is 5.57. The zero-order valence-corrected chi connectivity index (χ0v) is 24.9. The Bertz CT molecular complexity index is 1210. The Morgan fingerprint density at radius 1 is 1.29 bits per heavy atom. The Morgan fingerprint density at radius 2 is 2.08 bits per heavy atom. The maximum Gasteiger partial charge on any atom is 0.259 e. The number of nitrogens with one attached hydrogen (secondary N) is 2. The summed E-state index contributed by atoms with van der Waals surface area (Å²) in [4.78, 5) is 29.0. The molecule has 4 rings (SSSR count). The van der Waals surface area contributed by atoms with Crippen molar-refractivity contribution in [3.63, 3.8) is 0 Å². The van der Waals surface area contributed by atoms with Gasteiger partial charge in [0.15, 0.2) is 5.13 Å². The molecule has 3 aromatic rings. The third kappa shape index (κ3) is 7.65. The molecular formula is C26H35Cl2N7OS2. The Balaban J connectivity index is 1.45. The summed E-state index contributed by atoms with van der Waals surface area (Å²) in [5.74, 6) is 0.426. The highest BCUT2D eigenvalue weighted by molar-refractivity contribution is 7.17. The van der Waals surface area contributed by atoms with E-state index in [0.29, 0.717) is 39.1 Å². The van der Waals surface area contributed by atoms with Gasteiger partial charge in [-0.25, -0.2) is 9.97 Å². The number of thiazole rings is 1. The average molecular weight is 597 g/mol. The molecule has 0 radical (unpaired) electrons. The summed E-state index contributed by atoms with van der Waals surface area (Å²) in [7, 11) is 2.10. The fourth-order valence-electron chi connectivity index (χ4n) is 4.43. The second kappa shape index (κ2) is 14.0. The number of piperidine rings is 1. The van der Waals surface area contributed by atoms with Crippen LogP contribution in [-0.2, 0) is 6.54 Å². The molecule has 0 bridgehead atoms. The molecule has 1 aliphatic rings. The number of nitrogens with two attached hydrogens (primary N) is 1. The zero-order chi connectivity index (χ0) is 27.1. The van der Waals surface area contributed by atoms with Gasteiger partial charge in [0, 0.05) is 55.2 Å². The van der Waals surface area contributed by atoms with Gasteiger partial charge in [0.05, 0.1) is 26.2 Å². The highest BCUT2D eigenvalue weighted by atomic mass is 35.5. The molecule has 38 heavy (non-hydrogen) atoms. The van der Waals surface area contributed by atoms with E-state index in [2.05, 4.69) is 39.4 Å². The van der Waals surface area contributed by atoms with E-state index in [9.17, 15) is 4.79 Å². The van der Waals surface area contributed by atoms with Crippen LogP contribution in [0.3, 0.4) is 0 Å². The first-order valence-corrected chi connectivity index (χ1v) is 15.4. The standard InChI is InChI=1S/C26H35Cl2N7OS2/c1-3-4-9-34(2)15-22-23(21-13-18(27)16-37-21)32-26(38-22)33-25(36)17-12-20(28)24(31-14-17)35-10-5-19(6-11-35)30-8-7-29/h12-14,16,19,30H,3-11,15,29H2,1-2H3,(H,32,33,36). The number of carbonyl (C=O) groups is 1. The van der Waals surface area contributed by atoms with Crippen LogP contribution in [0.1, 0.15) is 47.8 Å². The fourth-order valence-corrected chi connectivity index (χ4v) is 6.93. The molecule has 1 amide bonds. The summed E-state index contributed by atoms with van der Waals surface area (Å²) >= 11 is 15.8. The minimum Gasteiger partial charge on any atom is -0.355 e. The number of rotatable bonds is 12. The smallest absolute Gasteiger partial charge is 0.259 e. The van der Waals surface area contributed by atoms with Gasteiger partial charge >= 0.3 is 0 Å². The van der Waals surface area contributed by atoms with Crippen LogP contribution in [0, 0.1) is 0 Å². The second-order valence-corrected chi connectivity index (χ2v) is 12.3. The number of unbranched alkanes of at least 4 members (excludes halogenated alkanes) is 1. The van der Waals surface area contributed by atoms with Gasteiger partial charge in [-0.05, 0) is 45.0 Å². The molecule has 4 N–H and O–H groups in total. The number of hydrogen-bond acceptors (Lipinski definition) is 9. The number of nitrogens with zero attached hydrogens (tertiary/aromatic N) is 4. The van der Waals surface area contributed by atoms with Crippen molar-refractivity contribution in [2.75, 3.05) is 50.0 Å². The van der Waals surface area contributed by atoms with Gasteiger partial charge in [-0.2, -0.15) is 0 Å². The summed E-state index contributed by atoms with van der Waals surface area (Å²) in [5, 5.41) is 10.0. The minimum absolute atomic E-state index is 0.286. The van der Waals surface area contributed by atoms with E-state index in [1.165, 1.54) is 11.3 Å². The number of halogens is 2. The monoisotopic (exact) mass is 595 g/mol. The van der Waals surface area contributed by atoms with Gasteiger partial charge in [-0.1, -0.05) is 47.9 Å². The molecule has 0 aromatic carbocycles. The molecule has 206 valence electrons. The molecule has 1 fully saturated rings. The third-order valence-corrected chi connectivity index (χ3v) is 9.00. The first kappa shape index (κ1) is 29.2. The van der Waals surface area contributed by atoms with Gasteiger partial charge in [-0.15, -0.1) is 11.3 Å². The minimum atomic E-state index is -0.286. The molecular weight excluding hydrogens is 561 g/mol. The normalized spacial score (nSPS) is 14.4. The molecule has 4 heterocycles. The fraction of sp³-hybridized carbons (Fsp3) is 0.500. The summed E-state index contributed by atoms with van der Waals surface area (Å²) in [6.45, 7) is 7.10. The van der Waals surface area contributed by atoms with Gasteiger partial charge in [-0.3, -0.25) is 10.1 Å². The van der Waals surface area contributed by atoms with Crippen molar-refractivity contribution in [1.82, 2.24) is 20.2 Å². The van der Waals surface area contributed by atoms with E-state index >= 15 is 0 Å². The van der Waals surface area contributed by atoms with Crippen molar-refractivity contribution < 1.29 is 4.79 Å². The number of hydrogen-bond donors (Lipinski definition) is 3. The third-order valence-electron chi connectivity index (χ3n) is 6.48. The lowest BCUT2D eigenvalue weighted by Gasteiger charge is -2.33. The number of aromatic nitrogens is 2.